The molecule has 0 aliphatic carbocycles. The average molecular weight is 354 g/mol. The second kappa shape index (κ2) is 8.44. The molecule has 0 saturated heterocycles. The van der Waals surface area contributed by atoms with Gasteiger partial charge in [-0.25, -0.2) is 0 Å². The SMILES string of the molecule is CC[NH+](CC)CCNC(=O)c1nc(-c2ccc(-n3cccc3)cc2)no1. The van der Waals surface area contributed by atoms with Crippen molar-refractivity contribution in [2.45, 2.75) is 13.8 Å². The Kier molecular flexibility index (Phi) is 5.80. The van der Waals surface area contributed by atoms with Crippen LogP contribution in [0, 0.1) is 0 Å². The maximum atomic E-state index is 12.1. The van der Waals surface area contributed by atoms with Gasteiger partial charge in [-0.1, -0.05) is 5.16 Å². The van der Waals surface area contributed by atoms with E-state index < -0.39 is 0 Å². The standard InChI is InChI=1S/C19H23N5O2/c1-3-23(4-2)14-11-20-18(25)19-21-17(22-26-19)15-7-9-16(10-8-15)24-12-5-6-13-24/h5-10,12-13H,3-4,11,14H2,1-2H3,(H,20,25)/p+1. The molecule has 3 aromatic rings. The first kappa shape index (κ1) is 17.9. The number of carbonyl (C=O) groups is 1. The zero-order valence-corrected chi connectivity index (χ0v) is 15.1. The highest BCUT2D eigenvalue weighted by molar-refractivity contribution is 5.89. The summed E-state index contributed by atoms with van der Waals surface area (Å²) >= 11 is 0. The lowest BCUT2D eigenvalue weighted by atomic mass is 10.2. The predicted molar refractivity (Wildman–Crippen MR) is 98.3 cm³/mol. The summed E-state index contributed by atoms with van der Waals surface area (Å²) in [4.78, 5) is 17.8. The van der Waals surface area contributed by atoms with Gasteiger partial charge in [0.25, 0.3) is 0 Å². The Morgan fingerprint density at radius 1 is 1.15 bits per heavy atom. The largest absolute Gasteiger partial charge is 0.342 e. The lowest BCUT2D eigenvalue weighted by Crippen LogP contribution is -3.12. The molecule has 2 aromatic heterocycles. The van der Waals surface area contributed by atoms with Gasteiger partial charge in [0, 0.05) is 23.6 Å². The number of nitrogens with one attached hydrogen (secondary N) is 2. The number of nitrogens with zero attached hydrogens (tertiary/aromatic N) is 3. The number of hydrogen-bond acceptors (Lipinski definition) is 4. The molecule has 26 heavy (non-hydrogen) atoms. The van der Waals surface area contributed by atoms with Crippen molar-refractivity contribution in [2.24, 2.45) is 0 Å². The molecule has 3 rings (SSSR count). The Morgan fingerprint density at radius 2 is 1.85 bits per heavy atom. The molecule has 0 bridgehead atoms. The predicted octanol–water partition coefficient (Wildman–Crippen LogP) is 1.18. The van der Waals surface area contributed by atoms with Gasteiger partial charge in [0.1, 0.15) is 0 Å². The van der Waals surface area contributed by atoms with Gasteiger partial charge in [0.05, 0.1) is 26.2 Å². The van der Waals surface area contributed by atoms with E-state index in [1.54, 1.807) is 0 Å². The molecule has 7 heteroatoms. The fourth-order valence-electron chi connectivity index (χ4n) is 2.75. The summed E-state index contributed by atoms with van der Waals surface area (Å²) in [5.74, 6) is 0.0619. The van der Waals surface area contributed by atoms with E-state index in [-0.39, 0.29) is 11.8 Å². The van der Waals surface area contributed by atoms with Crippen LogP contribution in [0.5, 0.6) is 0 Å². The van der Waals surface area contributed by atoms with Crippen LogP contribution in [0.4, 0.5) is 0 Å². The third-order valence-electron chi connectivity index (χ3n) is 4.41. The van der Waals surface area contributed by atoms with E-state index in [4.69, 9.17) is 4.52 Å². The van der Waals surface area contributed by atoms with Crippen molar-refractivity contribution in [2.75, 3.05) is 26.2 Å². The molecule has 2 heterocycles. The summed E-state index contributed by atoms with van der Waals surface area (Å²) in [5.41, 5.74) is 1.84. The normalized spacial score (nSPS) is 11.0. The summed E-state index contributed by atoms with van der Waals surface area (Å²) < 4.78 is 7.12. The van der Waals surface area contributed by atoms with Crippen molar-refractivity contribution in [3.05, 3.63) is 54.7 Å². The highest BCUT2D eigenvalue weighted by atomic mass is 16.5. The van der Waals surface area contributed by atoms with Crippen LogP contribution in [0.3, 0.4) is 0 Å². The van der Waals surface area contributed by atoms with Crippen molar-refractivity contribution in [1.82, 2.24) is 20.0 Å². The first-order valence-electron chi connectivity index (χ1n) is 8.90. The van der Waals surface area contributed by atoms with Crippen LogP contribution in [0.2, 0.25) is 0 Å². The molecule has 1 aromatic carbocycles. The maximum absolute atomic E-state index is 12.1. The first-order chi connectivity index (χ1) is 12.7. The van der Waals surface area contributed by atoms with Crippen LogP contribution in [0.1, 0.15) is 24.5 Å². The van der Waals surface area contributed by atoms with Crippen LogP contribution in [0.25, 0.3) is 17.1 Å². The third-order valence-corrected chi connectivity index (χ3v) is 4.41. The highest BCUT2D eigenvalue weighted by Crippen LogP contribution is 2.18. The minimum atomic E-state index is -0.334. The molecular weight excluding hydrogens is 330 g/mol. The summed E-state index contributed by atoms with van der Waals surface area (Å²) in [5, 5.41) is 6.75. The average Bonchev–Trinajstić information content (AvgIpc) is 3.37. The van der Waals surface area contributed by atoms with Crippen LogP contribution in [-0.2, 0) is 0 Å². The molecule has 0 aliphatic heterocycles. The molecule has 136 valence electrons. The van der Waals surface area contributed by atoms with Gasteiger partial charge < -0.3 is 19.3 Å². The smallest absolute Gasteiger partial charge is 0.316 e. The Balaban J connectivity index is 1.61. The minimum absolute atomic E-state index is 0.0102. The van der Waals surface area contributed by atoms with Crippen LogP contribution in [0.15, 0.2) is 53.3 Å². The zero-order valence-electron chi connectivity index (χ0n) is 15.1. The highest BCUT2D eigenvalue weighted by Gasteiger charge is 2.16. The molecule has 0 atom stereocenters. The maximum Gasteiger partial charge on any atom is 0.316 e. The molecule has 0 spiro atoms. The Hall–Kier alpha value is -2.93. The molecule has 0 saturated carbocycles. The lowest BCUT2D eigenvalue weighted by molar-refractivity contribution is -0.895. The lowest BCUT2D eigenvalue weighted by Gasteiger charge is -2.14. The number of quaternary nitrogens is 1. The van der Waals surface area contributed by atoms with Crippen molar-refractivity contribution < 1.29 is 14.2 Å². The number of rotatable bonds is 8. The van der Waals surface area contributed by atoms with Gasteiger partial charge >= 0.3 is 11.8 Å². The Labute approximate surface area is 152 Å². The number of likely N-dealkylation sites (N-methyl/N-ethyl adjacent to an activating group) is 1. The van der Waals surface area contributed by atoms with E-state index in [0.717, 1.165) is 30.9 Å². The van der Waals surface area contributed by atoms with E-state index in [2.05, 4.69) is 29.3 Å². The Morgan fingerprint density at radius 3 is 2.50 bits per heavy atom. The van der Waals surface area contributed by atoms with Crippen molar-refractivity contribution >= 4 is 5.91 Å². The van der Waals surface area contributed by atoms with E-state index in [1.165, 1.54) is 4.90 Å². The number of amides is 1. The molecule has 7 nitrogen and oxygen atoms in total. The second-order valence-corrected chi connectivity index (χ2v) is 6.02. The van der Waals surface area contributed by atoms with Crippen LogP contribution >= 0.6 is 0 Å². The summed E-state index contributed by atoms with van der Waals surface area (Å²) in [7, 11) is 0. The molecule has 2 N–H and O–H groups in total. The monoisotopic (exact) mass is 354 g/mol. The second-order valence-electron chi connectivity index (χ2n) is 6.02. The summed E-state index contributed by atoms with van der Waals surface area (Å²) in [6.07, 6.45) is 3.96. The van der Waals surface area contributed by atoms with Gasteiger partial charge in [-0.15, -0.1) is 0 Å². The van der Waals surface area contributed by atoms with E-state index in [9.17, 15) is 4.79 Å². The molecule has 0 aliphatic rings. The number of aromatic nitrogens is 3. The number of carbonyl (C=O) groups excluding carboxylic acids is 1. The van der Waals surface area contributed by atoms with Gasteiger partial charge in [-0.05, 0) is 50.2 Å². The molecule has 0 fully saturated rings. The van der Waals surface area contributed by atoms with Crippen molar-refractivity contribution in [1.29, 1.82) is 0 Å². The van der Waals surface area contributed by atoms with E-state index in [0.29, 0.717) is 12.4 Å². The first-order valence-corrected chi connectivity index (χ1v) is 8.90. The number of hydrogen-bond donors (Lipinski definition) is 2. The van der Waals surface area contributed by atoms with Crippen LogP contribution < -0.4 is 10.2 Å². The van der Waals surface area contributed by atoms with Crippen LogP contribution in [-0.4, -0.2) is 46.8 Å². The molecule has 0 radical (unpaired) electrons. The van der Waals surface area contributed by atoms with Gasteiger partial charge in [-0.3, -0.25) is 4.79 Å². The number of benzene rings is 1. The van der Waals surface area contributed by atoms with E-state index in [1.807, 2.05) is 53.4 Å². The third kappa shape index (κ3) is 4.18. The fourth-order valence-corrected chi connectivity index (χ4v) is 2.75. The topological polar surface area (TPSA) is 77.4 Å². The zero-order chi connectivity index (χ0) is 18.4. The summed E-state index contributed by atoms with van der Waals surface area (Å²) in [6, 6.07) is 11.7. The molecule has 1 amide bonds. The fraction of sp³-hybridized carbons (Fsp3) is 0.316. The minimum Gasteiger partial charge on any atom is -0.342 e. The Bertz CT molecular complexity index is 820. The van der Waals surface area contributed by atoms with E-state index >= 15 is 0 Å². The van der Waals surface area contributed by atoms with Gasteiger partial charge in [0.15, 0.2) is 0 Å². The molecule has 0 unspecified atom stereocenters. The van der Waals surface area contributed by atoms with Crippen molar-refractivity contribution in [3.63, 3.8) is 0 Å². The van der Waals surface area contributed by atoms with Gasteiger partial charge in [-0.2, -0.15) is 4.98 Å². The quantitative estimate of drug-likeness (QED) is 0.637. The van der Waals surface area contributed by atoms with Crippen molar-refractivity contribution in [3.8, 4) is 17.1 Å². The molecular formula is C19H24N5O2+. The summed E-state index contributed by atoms with van der Waals surface area (Å²) in [6.45, 7) is 7.80. The van der Waals surface area contributed by atoms with Gasteiger partial charge in [0.2, 0.25) is 5.82 Å².